The number of aryl methyl sites for hydroxylation is 1. The van der Waals surface area contributed by atoms with E-state index in [2.05, 4.69) is 20.9 Å². The standard InChI is InChI=1S/C30H38N4O6/c1-21-6-4-7-23-27(21)38-17-5-14-32-29(37)30(10-2-3-13-31-28(23)36)11-15-34(16-12-30)19-26(35)33-22-8-9-24-25(18-22)40-20-39-24/h4,6-9,18H,2-3,5,10-17,19-20H2,1H3,(H,31,36)(H,32,37)(H,33,35). The van der Waals surface area contributed by atoms with E-state index in [1.807, 2.05) is 19.1 Å². The molecular formula is C30H38N4O6. The third-order valence-corrected chi connectivity index (χ3v) is 8.00. The predicted molar refractivity (Wildman–Crippen MR) is 150 cm³/mol. The highest BCUT2D eigenvalue weighted by atomic mass is 16.7. The summed E-state index contributed by atoms with van der Waals surface area (Å²) in [5.74, 6) is 1.74. The number of benzene rings is 2. The largest absolute Gasteiger partial charge is 0.492 e. The molecule has 0 radical (unpaired) electrons. The third kappa shape index (κ3) is 6.50. The van der Waals surface area contributed by atoms with Crippen molar-refractivity contribution in [3.63, 3.8) is 0 Å². The second kappa shape index (κ2) is 12.6. The number of para-hydroxylation sites is 1. The molecular weight excluding hydrogens is 512 g/mol. The summed E-state index contributed by atoms with van der Waals surface area (Å²) in [4.78, 5) is 41.1. The molecule has 0 saturated carbocycles. The number of nitrogens with zero attached hydrogens (tertiary/aromatic N) is 1. The minimum atomic E-state index is -0.477. The molecule has 1 spiro atoms. The molecule has 10 nitrogen and oxygen atoms in total. The van der Waals surface area contributed by atoms with Gasteiger partial charge in [-0.05, 0) is 75.9 Å². The molecule has 10 heteroatoms. The number of anilines is 1. The summed E-state index contributed by atoms with van der Waals surface area (Å²) in [5, 5.41) is 9.09. The van der Waals surface area contributed by atoms with Gasteiger partial charge in [0.2, 0.25) is 18.6 Å². The minimum absolute atomic E-state index is 0.0763. The van der Waals surface area contributed by atoms with Crippen molar-refractivity contribution in [1.82, 2.24) is 15.5 Å². The molecule has 3 aliphatic rings. The van der Waals surface area contributed by atoms with Gasteiger partial charge < -0.3 is 30.2 Å². The lowest BCUT2D eigenvalue weighted by Gasteiger charge is -2.40. The second-order valence-corrected chi connectivity index (χ2v) is 10.8. The fourth-order valence-corrected chi connectivity index (χ4v) is 5.65. The third-order valence-electron chi connectivity index (χ3n) is 8.00. The first kappa shape index (κ1) is 27.8. The van der Waals surface area contributed by atoms with Crippen molar-refractivity contribution in [1.29, 1.82) is 0 Å². The molecule has 2 aromatic rings. The first-order valence-electron chi connectivity index (χ1n) is 14.1. The number of fused-ring (bicyclic) bond motifs is 2. The molecule has 214 valence electrons. The fourth-order valence-electron chi connectivity index (χ4n) is 5.65. The van der Waals surface area contributed by atoms with Crippen LogP contribution in [0.5, 0.6) is 17.2 Å². The van der Waals surface area contributed by atoms with E-state index in [0.717, 1.165) is 24.8 Å². The molecule has 1 saturated heterocycles. The van der Waals surface area contributed by atoms with Gasteiger partial charge in [0.05, 0.1) is 24.1 Å². The first-order chi connectivity index (χ1) is 19.4. The molecule has 2 aromatic carbocycles. The quantitative estimate of drug-likeness (QED) is 0.537. The van der Waals surface area contributed by atoms with E-state index in [0.29, 0.717) is 80.5 Å². The summed E-state index contributed by atoms with van der Waals surface area (Å²) in [5.41, 5.74) is 1.65. The number of carbonyl (C=O) groups is 3. The van der Waals surface area contributed by atoms with Crippen molar-refractivity contribution in [2.45, 2.75) is 45.4 Å². The fraction of sp³-hybridized carbons (Fsp3) is 0.500. The van der Waals surface area contributed by atoms with Crippen LogP contribution in [0.25, 0.3) is 0 Å². The van der Waals surface area contributed by atoms with Crippen LogP contribution in [0.4, 0.5) is 5.69 Å². The molecule has 0 atom stereocenters. The summed E-state index contributed by atoms with van der Waals surface area (Å²) >= 11 is 0. The Kier molecular flexibility index (Phi) is 8.74. The summed E-state index contributed by atoms with van der Waals surface area (Å²) in [7, 11) is 0. The molecule has 3 amide bonds. The minimum Gasteiger partial charge on any atom is -0.492 e. The highest BCUT2D eigenvalue weighted by Gasteiger charge is 2.40. The Labute approximate surface area is 234 Å². The first-order valence-corrected chi connectivity index (χ1v) is 14.1. The smallest absolute Gasteiger partial charge is 0.255 e. The number of piperidine rings is 1. The van der Waals surface area contributed by atoms with Gasteiger partial charge in [0, 0.05) is 24.8 Å². The van der Waals surface area contributed by atoms with E-state index in [4.69, 9.17) is 14.2 Å². The number of carbonyl (C=O) groups excluding carboxylic acids is 3. The molecule has 3 aliphatic heterocycles. The number of rotatable bonds is 3. The highest BCUT2D eigenvalue weighted by molar-refractivity contribution is 5.97. The second-order valence-electron chi connectivity index (χ2n) is 10.8. The summed E-state index contributed by atoms with van der Waals surface area (Å²) < 4.78 is 16.7. The van der Waals surface area contributed by atoms with Crippen molar-refractivity contribution < 1.29 is 28.6 Å². The van der Waals surface area contributed by atoms with Gasteiger partial charge in [-0.3, -0.25) is 19.3 Å². The van der Waals surface area contributed by atoms with E-state index in [9.17, 15) is 14.4 Å². The van der Waals surface area contributed by atoms with Crippen molar-refractivity contribution >= 4 is 23.4 Å². The molecule has 3 N–H and O–H groups in total. The average molecular weight is 551 g/mol. The molecule has 40 heavy (non-hydrogen) atoms. The van der Waals surface area contributed by atoms with Crippen LogP contribution >= 0.6 is 0 Å². The van der Waals surface area contributed by atoms with Gasteiger partial charge >= 0.3 is 0 Å². The Balaban J connectivity index is 1.16. The van der Waals surface area contributed by atoms with Crippen LogP contribution in [0.3, 0.4) is 0 Å². The maximum Gasteiger partial charge on any atom is 0.255 e. The Bertz CT molecular complexity index is 1240. The van der Waals surface area contributed by atoms with E-state index < -0.39 is 5.41 Å². The molecule has 1 fully saturated rings. The lowest BCUT2D eigenvalue weighted by Crippen LogP contribution is -2.50. The van der Waals surface area contributed by atoms with Gasteiger partial charge in [-0.15, -0.1) is 0 Å². The van der Waals surface area contributed by atoms with Crippen LogP contribution in [0.1, 0.15) is 54.4 Å². The number of amides is 3. The Morgan fingerprint density at radius 1 is 0.950 bits per heavy atom. The SMILES string of the molecule is Cc1cccc2c1OCCCNC(=O)C1(CCCCNC2=O)CCN(CC(=O)Nc2ccc3c(c2)OCO3)CC1. The molecule has 0 unspecified atom stereocenters. The van der Waals surface area contributed by atoms with Gasteiger partial charge in [0.1, 0.15) is 5.75 Å². The lowest BCUT2D eigenvalue weighted by atomic mass is 9.73. The van der Waals surface area contributed by atoms with Crippen molar-refractivity contribution in [2.24, 2.45) is 5.41 Å². The number of nitrogens with one attached hydrogen (secondary N) is 3. The maximum absolute atomic E-state index is 13.5. The Hall–Kier alpha value is -3.79. The van der Waals surface area contributed by atoms with Crippen molar-refractivity contribution in [2.75, 3.05) is 51.4 Å². The van der Waals surface area contributed by atoms with Crippen molar-refractivity contribution in [3.8, 4) is 17.2 Å². The monoisotopic (exact) mass is 550 g/mol. The van der Waals surface area contributed by atoms with Crippen LogP contribution in [0, 0.1) is 12.3 Å². The normalized spacial score (nSPS) is 19.8. The van der Waals surface area contributed by atoms with Gasteiger partial charge in [-0.1, -0.05) is 18.6 Å². The number of hydrogen-bond donors (Lipinski definition) is 3. The average Bonchev–Trinajstić information content (AvgIpc) is 3.41. The Morgan fingerprint density at radius 2 is 1.75 bits per heavy atom. The summed E-state index contributed by atoms with van der Waals surface area (Å²) in [6.45, 7) is 5.16. The predicted octanol–water partition coefficient (Wildman–Crippen LogP) is 3.24. The number of ether oxygens (including phenoxy) is 3. The van der Waals surface area contributed by atoms with Crippen LogP contribution < -0.4 is 30.2 Å². The summed E-state index contributed by atoms with van der Waals surface area (Å²) in [6, 6.07) is 10.9. The highest BCUT2D eigenvalue weighted by Crippen LogP contribution is 2.37. The molecule has 3 heterocycles. The van der Waals surface area contributed by atoms with Gasteiger partial charge in [0.15, 0.2) is 11.5 Å². The number of likely N-dealkylation sites (tertiary alicyclic amines) is 1. The van der Waals surface area contributed by atoms with Gasteiger partial charge in [-0.2, -0.15) is 0 Å². The van der Waals surface area contributed by atoms with E-state index in [1.54, 1.807) is 24.3 Å². The van der Waals surface area contributed by atoms with Crippen LogP contribution in [-0.4, -0.2) is 68.7 Å². The zero-order valence-corrected chi connectivity index (χ0v) is 23.1. The van der Waals surface area contributed by atoms with Crippen LogP contribution in [0.15, 0.2) is 36.4 Å². The van der Waals surface area contributed by atoms with E-state index in [-0.39, 0.29) is 31.1 Å². The van der Waals surface area contributed by atoms with Crippen LogP contribution in [-0.2, 0) is 9.59 Å². The number of hydrogen-bond acceptors (Lipinski definition) is 7. The summed E-state index contributed by atoms with van der Waals surface area (Å²) in [6.07, 6.45) is 4.37. The van der Waals surface area contributed by atoms with E-state index in [1.165, 1.54) is 0 Å². The van der Waals surface area contributed by atoms with E-state index >= 15 is 0 Å². The molecule has 0 aromatic heterocycles. The van der Waals surface area contributed by atoms with Gasteiger partial charge in [-0.25, -0.2) is 0 Å². The molecule has 0 aliphatic carbocycles. The molecule has 5 rings (SSSR count). The van der Waals surface area contributed by atoms with Gasteiger partial charge in [0.25, 0.3) is 5.91 Å². The van der Waals surface area contributed by atoms with Crippen LogP contribution in [0.2, 0.25) is 0 Å². The van der Waals surface area contributed by atoms with Crippen molar-refractivity contribution in [3.05, 3.63) is 47.5 Å². The zero-order chi connectivity index (χ0) is 28.0. The Morgan fingerprint density at radius 3 is 2.60 bits per heavy atom. The zero-order valence-electron chi connectivity index (χ0n) is 23.1. The topological polar surface area (TPSA) is 118 Å². The maximum atomic E-state index is 13.5. The molecule has 0 bridgehead atoms. The lowest BCUT2D eigenvalue weighted by molar-refractivity contribution is -0.134.